The number of nitrogens with zero attached hydrogens (tertiary/aromatic N) is 5. The molecule has 0 aliphatic carbocycles. The number of aromatic nitrogens is 4. The van der Waals surface area contributed by atoms with E-state index in [4.69, 9.17) is 0 Å². The zero-order valence-electron chi connectivity index (χ0n) is 11.2. The van der Waals surface area contributed by atoms with Gasteiger partial charge in [-0.1, -0.05) is 0 Å². The summed E-state index contributed by atoms with van der Waals surface area (Å²) in [6.45, 7) is 5.96. The predicted octanol–water partition coefficient (Wildman–Crippen LogP) is 1.82. The second-order valence-corrected chi connectivity index (χ2v) is 4.46. The van der Waals surface area contributed by atoms with Crippen LogP contribution in [-0.2, 0) is 6.54 Å². The molecule has 2 aromatic heterocycles. The summed E-state index contributed by atoms with van der Waals surface area (Å²) in [6, 6.07) is 2.00. The third kappa shape index (κ3) is 3.06. The van der Waals surface area contributed by atoms with Crippen LogP contribution >= 0.6 is 0 Å². The van der Waals surface area contributed by atoms with Gasteiger partial charge in [0.25, 0.3) is 0 Å². The van der Waals surface area contributed by atoms with E-state index in [1.807, 2.05) is 32.3 Å². The van der Waals surface area contributed by atoms with Crippen LogP contribution in [0.1, 0.15) is 17.9 Å². The molecule has 0 amide bonds. The highest BCUT2D eigenvalue weighted by atomic mass is 15.2. The van der Waals surface area contributed by atoms with Gasteiger partial charge in [0.1, 0.15) is 18.0 Å². The third-order valence-electron chi connectivity index (χ3n) is 3.00. The van der Waals surface area contributed by atoms with Crippen molar-refractivity contribution < 1.29 is 0 Å². The molecule has 96 valence electrons. The topological polar surface area (TPSA) is 46.8 Å². The molecule has 2 aromatic rings. The Kier molecular flexibility index (Phi) is 3.92. The first-order valence-corrected chi connectivity index (χ1v) is 6.14. The molecule has 0 radical (unpaired) electrons. The number of rotatable bonds is 5. The van der Waals surface area contributed by atoms with Gasteiger partial charge in [0.05, 0.1) is 0 Å². The highest BCUT2D eigenvalue weighted by Gasteiger charge is 2.03. The Morgan fingerprint density at radius 2 is 2.06 bits per heavy atom. The number of anilines is 1. The Morgan fingerprint density at radius 3 is 2.72 bits per heavy atom. The minimum atomic E-state index is 0.966. The Morgan fingerprint density at radius 1 is 1.22 bits per heavy atom. The van der Waals surface area contributed by atoms with E-state index < -0.39 is 0 Å². The van der Waals surface area contributed by atoms with Crippen molar-refractivity contribution >= 4 is 5.82 Å². The van der Waals surface area contributed by atoms with Crippen molar-refractivity contribution in [2.45, 2.75) is 26.8 Å². The quantitative estimate of drug-likeness (QED) is 0.806. The van der Waals surface area contributed by atoms with Crippen molar-refractivity contribution in [1.29, 1.82) is 0 Å². The van der Waals surface area contributed by atoms with Crippen LogP contribution in [0.4, 0.5) is 5.82 Å². The van der Waals surface area contributed by atoms with Crippen molar-refractivity contribution in [3.8, 4) is 0 Å². The summed E-state index contributed by atoms with van der Waals surface area (Å²) in [5.74, 6) is 2.04. The van der Waals surface area contributed by atoms with Gasteiger partial charge in [0, 0.05) is 44.3 Å². The molecule has 5 nitrogen and oxygen atoms in total. The molecule has 0 spiro atoms. The number of imidazole rings is 1. The van der Waals surface area contributed by atoms with Gasteiger partial charge in [-0.2, -0.15) is 0 Å². The van der Waals surface area contributed by atoms with E-state index in [-0.39, 0.29) is 0 Å². The van der Waals surface area contributed by atoms with Crippen LogP contribution in [0.15, 0.2) is 24.8 Å². The largest absolute Gasteiger partial charge is 0.360 e. The minimum absolute atomic E-state index is 0.966. The van der Waals surface area contributed by atoms with E-state index >= 15 is 0 Å². The van der Waals surface area contributed by atoms with Crippen molar-refractivity contribution in [2.24, 2.45) is 0 Å². The average molecular weight is 245 g/mol. The molecule has 0 fully saturated rings. The molecular formula is C13H19N5. The zero-order chi connectivity index (χ0) is 13.0. The van der Waals surface area contributed by atoms with Gasteiger partial charge in [-0.15, -0.1) is 0 Å². The molecular weight excluding hydrogens is 226 g/mol. The molecule has 0 atom stereocenters. The molecule has 18 heavy (non-hydrogen) atoms. The van der Waals surface area contributed by atoms with E-state index in [0.717, 1.165) is 36.8 Å². The number of aryl methyl sites for hydroxylation is 3. The maximum atomic E-state index is 4.27. The highest BCUT2D eigenvalue weighted by Crippen LogP contribution is 2.09. The lowest BCUT2D eigenvalue weighted by Gasteiger charge is -2.18. The molecule has 0 unspecified atom stereocenters. The van der Waals surface area contributed by atoms with Crippen LogP contribution in [0.25, 0.3) is 0 Å². The van der Waals surface area contributed by atoms with E-state index in [9.17, 15) is 0 Å². The van der Waals surface area contributed by atoms with Crippen molar-refractivity contribution in [3.63, 3.8) is 0 Å². The van der Waals surface area contributed by atoms with Crippen LogP contribution in [0.2, 0.25) is 0 Å². The molecule has 5 heteroatoms. The van der Waals surface area contributed by atoms with Gasteiger partial charge in [0.15, 0.2) is 0 Å². The first-order chi connectivity index (χ1) is 8.66. The molecule has 0 bridgehead atoms. The SMILES string of the molecule is Cc1cc(N(C)CCCn2ccnc2C)ncn1. The third-order valence-corrected chi connectivity index (χ3v) is 3.00. The Labute approximate surface area is 108 Å². The predicted molar refractivity (Wildman–Crippen MR) is 71.6 cm³/mol. The molecule has 0 N–H and O–H groups in total. The van der Waals surface area contributed by atoms with Gasteiger partial charge in [-0.3, -0.25) is 0 Å². The molecule has 0 saturated carbocycles. The number of hydrogen-bond donors (Lipinski definition) is 0. The zero-order valence-corrected chi connectivity index (χ0v) is 11.2. The monoisotopic (exact) mass is 245 g/mol. The van der Waals surface area contributed by atoms with Crippen LogP contribution in [-0.4, -0.2) is 33.1 Å². The summed E-state index contributed by atoms with van der Waals surface area (Å²) < 4.78 is 2.17. The number of hydrogen-bond acceptors (Lipinski definition) is 4. The summed E-state index contributed by atoms with van der Waals surface area (Å²) in [5.41, 5.74) is 0.998. The first kappa shape index (κ1) is 12.5. The highest BCUT2D eigenvalue weighted by molar-refractivity contribution is 5.37. The lowest BCUT2D eigenvalue weighted by molar-refractivity contribution is 0.621. The second kappa shape index (κ2) is 5.62. The fraction of sp³-hybridized carbons (Fsp3) is 0.462. The maximum Gasteiger partial charge on any atom is 0.131 e. The van der Waals surface area contributed by atoms with Gasteiger partial charge >= 0.3 is 0 Å². The summed E-state index contributed by atoms with van der Waals surface area (Å²) in [5, 5.41) is 0. The van der Waals surface area contributed by atoms with E-state index in [0.29, 0.717) is 0 Å². The smallest absolute Gasteiger partial charge is 0.131 e. The van der Waals surface area contributed by atoms with Crippen molar-refractivity contribution in [3.05, 3.63) is 36.3 Å². The molecule has 0 aliphatic rings. The summed E-state index contributed by atoms with van der Waals surface area (Å²) in [4.78, 5) is 14.7. The molecule has 2 heterocycles. The van der Waals surface area contributed by atoms with E-state index in [1.54, 1.807) is 6.33 Å². The van der Waals surface area contributed by atoms with E-state index in [2.05, 4.69) is 31.5 Å². The van der Waals surface area contributed by atoms with Gasteiger partial charge in [-0.05, 0) is 20.3 Å². The molecule has 0 saturated heterocycles. The van der Waals surface area contributed by atoms with Crippen LogP contribution in [0, 0.1) is 13.8 Å². The van der Waals surface area contributed by atoms with Gasteiger partial charge < -0.3 is 9.47 Å². The van der Waals surface area contributed by atoms with E-state index in [1.165, 1.54) is 0 Å². The molecule has 0 aromatic carbocycles. The van der Waals surface area contributed by atoms with Crippen LogP contribution in [0.5, 0.6) is 0 Å². The minimum Gasteiger partial charge on any atom is -0.360 e. The lowest BCUT2D eigenvalue weighted by atomic mass is 10.3. The molecule has 0 aliphatic heterocycles. The fourth-order valence-electron chi connectivity index (χ4n) is 1.88. The molecule has 2 rings (SSSR count). The van der Waals surface area contributed by atoms with Crippen molar-refractivity contribution in [2.75, 3.05) is 18.5 Å². The van der Waals surface area contributed by atoms with Gasteiger partial charge in [-0.25, -0.2) is 15.0 Å². The lowest BCUT2D eigenvalue weighted by Crippen LogP contribution is -2.21. The second-order valence-electron chi connectivity index (χ2n) is 4.46. The first-order valence-electron chi connectivity index (χ1n) is 6.14. The normalized spacial score (nSPS) is 10.6. The maximum absolute atomic E-state index is 4.27. The Balaban J connectivity index is 1.85. The Bertz CT molecular complexity index is 506. The summed E-state index contributed by atoms with van der Waals surface area (Å²) in [6.07, 6.45) is 6.54. The van der Waals surface area contributed by atoms with Crippen molar-refractivity contribution in [1.82, 2.24) is 19.5 Å². The fourth-order valence-corrected chi connectivity index (χ4v) is 1.88. The summed E-state index contributed by atoms with van der Waals surface area (Å²) in [7, 11) is 2.06. The standard InChI is InChI=1S/C13H19N5/c1-11-9-13(16-10-15-11)17(3)6-4-7-18-8-5-14-12(18)2/h5,8-10H,4,6-7H2,1-3H3. The van der Waals surface area contributed by atoms with Crippen LogP contribution in [0.3, 0.4) is 0 Å². The Hall–Kier alpha value is -1.91. The average Bonchev–Trinajstić information content (AvgIpc) is 2.75. The van der Waals surface area contributed by atoms with Crippen LogP contribution < -0.4 is 4.90 Å². The summed E-state index contributed by atoms with van der Waals surface area (Å²) >= 11 is 0. The van der Waals surface area contributed by atoms with Gasteiger partial charge in [0.2, 0.25) is 0 Å².